The zero-order valence-electron chi connectivity index (χ0n) is 46.2. The number of nitrogens with one attached hydrogen (secondary N) is 4. The zero-order chi connectivity index (χ0) is 45.6. The molecule has 0 saturated carbocycles. The summed E-state index contributed by atoms with van der Waals surface area (Å²) in [5.41, 5.74) is 0. The van der Waals surface area contributed by atoms with Crippen LogP contribution in [0.1, 0.15) is 89.9 Å². The second-order valence-corrected chi connectivity index (χ2v) is 56.5. The van der Waals surface area contributed by atoms with Gasteiger partial charge in [0.1, 0.15) is 0 Å². The smallest absolute Gasteiger partial charge is 0.668 e. The predicted molar refractivity (Wildman–Crippen MR) is 292 cm³/mol. The average molecular weight is 985 g/mol. The van der Waals surface area contributed by atoms with Crippen molar-refractivity contribution in [2.24, 2.45) is 23.7 Å². The first-order chi connectivity index (χ1) is 28.0. The standard InChI is InChI=1S/2C15H26N2.3C6H18NSi2.Li.Mg/c2*1-3-7-16-11-13-9-12(14(16)5-1)10-17-8-4-2-6-15(13)17;3*1-8(2,3)7-9(4,5)6;;/h2*12-15H,1-11H2;3*1-6H3;;/q;;3*-1;+1;+2/p+4/t2*12-,13-,14-,15+;;;;;/m00...../s1. The summed E-state index contributed by atoms with van der Waals surface area (Å²) in [5, 5.41) is 0. The summed E-state index contributed by atoms with van der Waals surface area (Å²) in [5.74, 6) is 4.36. The Morgan fingerprint density at radius 3 is 0.619 bits per heavy atom. The van der Waals surface area contributed by atoms with Crippen LogP contribution in [0.15, 0.2) is 0 Å². The number of hydrogen-bond acceptors (Lipinski definition) is 0. The molecule has 15 heteroatoms. The van der Waals surface area contributed by atoms with Crippen molar-refractivity contribution in [1.29, 1.82) is 0 Å². The molecule has 0 aromatic carbocycles. The van der Waals surface area contributed by atoms with Crippen LogP contribution in [0.2, 0.25) is 118 Å². The summed E-state index contributed by atoms with van der Waals surface area (Å²) < 4.78 is 14.5. The summed E-state index contributed by atoms with van der Waals surface area (Å²) in [6.45, 7) is 53.5. The third-order valence-corrected chi connectivity index (χ3v) is 30.8. The van der Waals surface area contributed by atoms with Gasteiger partial charge in [0.2, 0.25) is 0 Å². The number of quaternary nitrogens is 4. The van der Waals surface area contributed by atoms with Gasteiger partial charge in [0.15, 0.2) is 0 Å². The summed E-state index contributed by atoms with van der Waals surface area (Å²) >= 11 is 0. The molecule has 0 radical (unpaired) electrons. The molecular formula is C48H110LiMgN7Si6+4. The van der Waals surface area contributed by atoms with E-state index in [0.717, 1.165) is 47.8 Å². The molecule has 4 N–H and O–H groups in total. The molecule has 8 heterocycles. The second-order valence-electron chi connectivity index (χ2n) is 27.7. The summed E-state index contributed by atoms with van der Waals surface area (Å²) in [7, 11) is -6.64. The van der Waals surface area contributed by atoms with E-state index in [4.69, 9.17) is 13.9 Å². The molecule has 4 unspecified atom stereocenters. The Bertz CT molecular complexity index is 1080. The first kappa shape index (κ1) is 61.5. The summed E-state index contributed by atoms with van der Waals surface area (Å²) in [4.78, 5) is 8.06. The zero-order valence-corrected chi connectivity index (χ0v) is 53.6. The predicted octanol–water partition coefficient (Wildman–Crippen LogP) is 4.73. The normalized spacial score (nSPS) is 35.0. The largest absolute Gasteiger partial charge is 2.00 e. The van der Waals surface area contributed by atoms with Crippen molar-refractivity contribution in [1.82, 2.24) is 0 Å². The molecule has 8 aliphatic rings. The average Bonchev–Trinajstić information content (AvgIpc) is 3.08. The minimum atomic E-state index is -1.11. The van der Waals surface area contributed by atoms with Gasteiger partial charge in [0.05, 0.1) is 100 Å². The molecule has 8 fully saturated rings. The van der Waals surface area contributed by atoms with Crippen LogP contribution >= 0.6 is 0 Å². The van der Waals surface area contributed by atoms with Crippen LogP contribution in [0.25, 0.3) is 13.9 Å². The molecular weight excluding hydrogens is 874 g/mol. The molecule has 0 aromatic heterocycles. The van der Waals surface area contributed by atoms with E-state index in [1.165, 1.54) is 104 Å². The van der Waals surface area contributed by atoms with E-state index in [1.807, 2.05) is 19.6 Å². The molecule has 63 heavy (non-hydrogen) atoms. The van der Waals surface area contributed by atoms with Crippen LogP contribution in [-0.2, 0) is 0 Å². The monoisotopic (exact) mass is 984 g/mol. The van der Waals surface area contributed by atoms with Crippen molar-refractivity contribution in [3.05, 3.63) is 13.9 Å². The van der Waals surface area contributed by atoms with Crippen molar-refractivity contribution in [3.8, 4) is 0 Å². The number of hydrogen-bond donors (Lipinski definition) is 4. The second kappa shape index (κ2) is 26.2. The topological polar surface area (TPSA) is 60.1 Å². The fourth-order valence-electron chi connectivity index (χ4n) is 14.4. The Hall–Kier alpha value is 2.38. The van der Waals surface area contributed by atoms with E-state index in [0.29, 0.717) is 0 Å². The van der Waals surface area contributed by atoms with Gasteiger partial charge in [-0.3, -0.25) is 0 Å². The van der Waals surface area contributed by atoms with Gasteiger partial charge in [-0.1, -0.05) is 167 Å². The summed E-state index contributed by atoms with van der Waals surface area (Å²) in [6.07, 6.45) is 21.5. The number of fused-ring (bicyclic) bond motifs is 12. The number of nitrogens with zero attached hydrogens (tertiary/aromatic N) is 3. The van der Waals surface area contributed by atoms with Gasteiger partial charge in [-0.05, 0) is 64.2 Å². The van der Waals surface area contributed by atoms with Crippen molar-refractivity contribution < 1.29 is 38.5 Å². The molecule has 8 saturated heterocycles. The fraction of sp³-hybridized carbons (Fsp3) is 1.00. The Morgan fingerprint density at radius 1 is 0.302 bits per heavy atom. The number of piperidine rings is 8. The van der Waals surface area contributed by atoms with Crippen LogP contribution in [-0.4, -0.2) is 149 Å². The van der Waals surface area contributed by atoms with Crippen molar-refractivity contribution in [2.75, 3.05) is 52.4 Å². The maximum Gasteiger partial charge on any atom is 2.00 e. The maximum absolute atomic E-state index is 4.82. The van der Waals surface area contributed by atoms with Gasteiger partial charge in [-0.15, -0.1) is 0 Å². The van der Waals surface area contributed by atoms with E-state index in [1.54, 1.807) is 38.5 Å². The Labute approximate surface area is 429 Å². The maximum atomic E-state index is 4.82. The Kier molecular flexibility index (Phi) is 25.6. The van der Waals surface area contributed by atoms with Gasteiger partial charge in [-0.25, -0.2) is 0 Å². The van der Waals surface area contributed by atoms with Crippen molar-refractivity contribution >= 4 is 72.5 Å². The Balaban J connectivity index is 0.000000280. The van der Waals surface area contributed by atoms with Crippen molar-refractivity contribution in [3.63, 3.8) is 0 Å². The van der Waals surface area contributed by atoms with E-state index >= 15 is 0 Å². The van der Waals surface area contributed by atoms with E-state index in [-0.39, 0.29) is 41.9 Å². The van der Waals surface area contributed by atoms with E-state index < -0.39 is 49.4 Å². The van der Waals surface area contributed by atoms with Gasteiger partial charge in [-0.2, -0.15) is 0 Å². The van der Waals surface area contributed by atoms with Crippen LogP contribution < -0.4 is 38.5 Å². The minimum absolute atomic E-state index is 0. The molecule has 7 nitrogen and oxygen atoms in total. The Morgan fingerprint density at radius 2 is 0.476 bits per heavy atom. The first-order valence-corrected chi connectivity index (χ1v) is 47.2. The van der Waals surface area contributed by atoms with Crippen LogP contribution in [0.5, 0.6) is 0 Å². The molecule has 0 amide bonds. The quantitative estimate of drug-likeness (QED) is 0.279. The molecule has 12 atom stereocenters. The molecule has 8 rings (SSSR count). The van der Waals surface area contributed by atoms with Gasteiger partial charge < -0.3 is 33.5 Å². The molecule has 0 aromatic rings. The van der Waals surface area contributed by atoms with E-state index in [9.17, 15) is 0 Å². The first-order valence-electron chi connectivity index (χ1n) is 26.6. The van der Waals surface area contributed by atoms with Crippen molar-refractivity contribution in [2.45, 2.75) is 232 Å². The molecule has 8 aliphatic heterocycles. The molecule has 0 aliphatic carbocycles. The van der Waals surface area contributed by atoms with Crippen LogP contribution in [0.4, 0.5) is 0 Å². The number of rotatable bonds is 6. The van der Waals surface area contributed by atoms with Crippen LogP contribution in [0, 0.1) is 23.7 Å². The van der Waals surface area contributed by atoms with E-state index in [2.05, 4.69) is 118 Å². The van der Waals surface area contributed by atoms with Crippen LogP contribution in [0.3, 0.4) is 0 Å². The van der Waals surface area contributed by atoms with Gasteiger partial charge in [0.25, 0.3) is 0 Å². The molecule has 0 spiro atoms. The SMILES string of the molecule is C1CC[NH+]2C[C@@H]3C[C@@H](C[NH+]4CCCC[C@@H]34)[C@H]2C1.C1CC[NH+]2C[C@@H]3C[C@@H](C[NH+]4CCCC[C@@H]34)[C@H]2C1.C[Si](C)(C)[N-][Si](C)(C)C.C[Si](C)(C)[N-][Si](C)(C)C.C[Si](C)(C)[N-][Si](C)(C)C.[Li+].[Mg+2]. The third-order valence-electron chi connectivity index (χ3n) is 14.7. The summed E-state index contributed by atoms with van der Waals surface area (Å²) in [6, 6.07) is 4.26. The van der Waals surface area contributed by atoms with Gasteiger partial charge in [0, 0.05) is 25.7 Å². The minimum Gasteiger partial charge on any atom is -0.668 e. The third kappa shape index (κ3) is 23.0. The van der Waals surface area contributed by atoms with Gasteiger partial charge >= 0.3 is 41.9 Å². The fourth-order valence-corrected chi connectivity index (χ4v) is 38.6. The molecule has 360 valence electrons. The molecule has 4 bridgehead atoms.